The quantitative estimate of drug-likeness (QED) is 0.523. The van der Waals surface area contributed by atoms with E-state index >= 15 is 0 Å². The molecule has 0 spiro atoms. The molecule has 0 aromatic heterocycles. The van der Waals surface area contributed by atoms with Crippen molar-refractivity contribution in [3.05, 3.63) is 52.1 Å². The van der Waals surface area contributed by atoms with E-state index in [-0.39, 0.29) is 27.8 Å². The molecule has 1 unspecified atom stereocenters. The van der Waals surface area contributed by atoms with Crippen LogP contribution >= 0.6 is 0 Å². The molecule has 27 heavy (non-hydrogen) atoms. The topological polar surface area (TPSA) is 60.4 Å². The SMILES string of the molecule is CCOC(=O)C1C(C(C)(C)C)=CC(S(=O)(=O)c2ccccc2)=C1[Si](C)(C)C. The zero-order valence-corrected chi connectivity index (χ0v) is 19.1. The first-order chi connectivity index (χ1) is 12.3. The summed E-state index contributed by atoms with van der Waals surface area (Å²) in [7, 11) is -5.87. The molecule has 148 valence electrons. The van der Waals surface area contributed by atoms with Crippen molar-refractivity contribution < 1.29 is 17.9 Å². The summed E-state index contributed by atoms with van der Waals surface area (Å²) in [6.07, 6.45) is 1.73. The molecule has 1 aliphatic carbocycles. The van der Waals surface area contributed by atoms with Crippen LogP contribution in [0.2, 0.25) is 19.6 Å². The molecule has 1 atom stereocenters. The van der Waals surface area contributed by atoms with E-state index in [1.54, 1.807) is 43.3 Å². The molecule has 2 rings (SSSR count). The Labute approximate surface area is 164 Å². The number of sulfone groups is 1. The van der Waals surface area contributed by atoms with Crippen molar-refractivity contribution >= 4 is 23.9 Å². The van der Waals surface area contributed by atoms with Crippen LogP contribution in [-0.2, 0) is 19.4 Å². The van der Waals surface area contributed by atoms with Gasteiger partial charge < -0.3 is 4.74 Å². The molecule has 0 bridgehead atoms. The normalized spacial score (nSPS) is 18.5. The minimum atomic E-state index is -3.72. The highest BCUT2D eigenvalue weighted by Gasteiger charge is 2.47. The number of carbonyl (C=O) groups excluding carboxylic acids is 1. The van der Waals surface area contributed by atoms with E-state index in [0.29, 0.717) is 0 Å². The lowest BCUT2D eigenvalue weighted by atomic mass is 9.80. The molecule has 1 aromatic rings. The first-order valence-electron chi connectivity index (χ1n) is 9.25. The van der Waals surface area contributed by atoms with Gasteiger partial charge in [0, 0.05) is 0 Å². The zero-order valence-electron chi connectivity index (χ0n) is 17.3. The number of carbonyl (C=O) groups is 1. The van der Waals surface area contributed by atoms with Crippen LogP contribution < -0.4 is 0 Å². The molecular formula is C21H30O4SSi. The lowest BCUT2D eigenvalue weighted by Gasteiger charge is -2.31. The molecular weight excluding hydrogens is 376 g/mol. The van der Waals surface area contributed by atoms with E-state index in [4.69, 9.17) is 4.74 Å². The molecule has 0 aliphatic heterocycles. The summed E-state index contributed by atoms with van der Waals surface area (Å²) in [6.45, 7) is 14.3. The van der Waals surface area contributed by atoms with Crippen molar-refractivity contribution in [3.63, 3.8) is 0 Å². The fourth-order valence-corrected chi connectivity index (χ4v) is 8.20. The van der Waals surface area contributed by atoms with Crippen molar-refractivity contribution in [3.8, 4) is 0 Å². The van der Waals surface area contributed by atoms with Crippen molar-refractivity contribution in [2.75, 3.05) is 6.61 Å². The maximum Gasteiger partial charge on any atom is 0.316 e. The van der Waals surface area contributed by atoms with Gasteiger partial charge in [0.1, 0.15) is 0 Å². The fourth-order valence-electron chi connectivity index (χ4n) is 3.47. The summed E-state index contributed by atoms with van der Waals surface area (Å²) in [5.41, 5.74) is 0.462. The third kappa shape index (κ3) is 4.27. The summed E-state index contributed by atoms with van der Waals surface area (Å²) in [5, 5.41) is 0.745. The standard InChI is InChI=1S/C21H30O4SSi/c1-8-25-20(22)18-16(21(2,3)4)14-17(19(18)27(5,6)7)26(23,24)15-12-10-9-11-13-15/h9-14,18H,8H2,1-7H3. The van der Waals surface area contributed by atoms with Crippen LogP contribution in [0.15, 0.2) is 57.0 Å². The number of rotatable bonds is 5. The molecule has 0 fully saturated rings. The average molecular weight is 407 g/mol. The minimum absolute atomic E-state index is 0.254. The monoisotopic (exact) mass is 406 g/mol. The highest BCUT2D eigenvalue weighted by Crippen LogP contribution is 2.48. The van der Waals surface area contributed by atoms with E-state index < -0.39 is 23.8 Å². The number of esters is 1. The predicted molar refractivity (Wildman–Crippen MR) is 112 cm³/mol. The average Bonchev–Trinajstić information content (AvgIpc) is 2.98. The predicted octanol–water partition coefficient (Wildman–Crippen LogP) is 4.76. The molecule has 1 aliphatic rings. The lowest BCUT2D eigenvalue weighted by molar-refractivity contribution is -0.145. The van der Waals surface area contributed by atoms with Gasteiger partial charge in [-0.2, -0.15) is 0 Å². The summed E-state index contributed by atoms with van der Waals surface area (Å²) < 4.78 is 32.3. The molecule has 0 radical (unpaired) electrons. The van der Waals surface area contributed by atoms with Crippen LogP contribution in [0.5, 0.6) is 0 Å². The molecule has 0 saturated heterocycles. The number of ether oxygens (including phenoxy) is 1. The Balaban J connectivity index is 2.81. The fraction of sp³-hybridized carbons (Fsp3) is 0.476. The number of benzene rings is 1. The first kappa shape index (κ1) is 21.6. The second-order valence-corrected chi connectivity index (χ2v) is 15.8. The van der Waals surface area contributed by atoms with Crippen molar-refractivity contribution in [1.82, 2.24) is 0 Å². The minimum Gasteiger partial charge on any atom is -0.465 e. The summed E-state index contributed by atoms with van der Waals surface area (Å²) in [6, 6.07) is 8.43. The van der Waals surface area contributed by atoms with Gasteiger partial charge in [0.25, 0.3) is 0 Å². The van der Waals surface area contributed by atoms with Gasteiger partial charge in [0.2, 0.25) is 9.84 Å². The van der Waals surface area contributed by atoms with E-state index in [0.717, 1.165) is 10.8 Å². The number of hydrogen-bond donors (Lipinski definition) is 0. The van der Waals surface area contributed by atoms with Gasteiger partial charge in [0.15, 0.2) is 0 Å². The molecule has 0 heterocycles. The third-order valence-corrected chi connectivity index (χ3v) is 8.86. The van der Waals surface area contributed by atoms with Gasteiger partial charge in [-0.1, -0.05) is 58.6 Å². The Bertz CT molecular complexity index is 882. The molecule has 6 heteroatoms. The Morgan fingerprint density at radius 3 is 2.11 bits per heavy atom. The first-order valence-corrected chi connectivity index (χ1v) is 14.2. The highest BCUT2D eigenvalue weighted by atomic mass is 32.2. The smallest absolute Gasteiger partial charge is 0.316 e. The highest BCUT2D eigenvalue weighted by molar-refractivity contribution is 7.95. The van der Waals surface area contributed by atoms with Crippen LogP contribution in [0.25, 0.3) is 0 Å². The molecule has 0 N–H and O–H groups in total. The maximum atomic E-state index is 13.5. The van der Waals surface area contributed by atoms with Crippen LogP contribution in [0.1, 0.15) is 27.7 Å². The van der Waals surface area contributed by atoms with E-state index in [1.807, 2.05) is 20.8 Å². The van der Waals surface area contributed by atoms with Gasteiger partial charge in [-0.15, -0.1) is 0 Å². The van der Waals surface area contributed by atoms with Crippen LogP contribution in [0, 0.1) is 11.3 Å². The van der Waals surface area contributed by atoms with Gasteiger partial charge in [-0.3, -0.25) is 4.79 Å². The Morgan fingerprint density at radius 2 is 1.67 bits per heavy atom. The summed E-state index contributed by atoms with van der Waals surface area (Å²) in [4.78, 5) is 13.4. The van der Waals surface area contributed by atoms with Gasteiger partial charge >= 0.3 is 5.97 Å². The molecule has 4 nitrogen and oxygen atoms in total. The van der Waals surface area contributed by atoms with E-state index in [9.17, 15) is 13.2 Å². The van der Waals surface area contributed by atoms with Crippen LogP contribution in [0.3, 0.4) is 0 Å². The maximum absolute atomic E-state index is 13.5. The molecule has 0 amide bonds. The van der Waals surface area contributed by atoms with E-state index in [1.165, 1.54) is 0 Å². The van der Waals surface area contributed by atoms with Gasteiger partial charge in [-0.25, -0.2) is 8.42 Å². The summed E-state index contributed by atoms with van der Waals surface area (Å²) in [5.74, 6) is -0.973. The summed E-state index contributed by atoms with van der Waals surface area (Å²) >= 11 is 0. The Kier molecular flexibility index (Phi) is 5.93. The van der Waals surface area contributed by atoms with Crippen molar-refractivity contribution in [2.24, 2.45) is 11.3 Å². The third-order valence-electron chi connectivity index (χ3n) is 4.69. The van der Waals surface area contributed by atoms with Crippen LogP contribution in [0.4, 0.5) is 0 Å². The second kappa shape index (κ2) is 7.39. The van der Waals surface area contributed by atoms with Crippen molar-refractivity contribution in [2.45, 2.75) is 52.2 Å². The molecule has 1 aromatic carbocycles. The molecule has 0 saturated carbocycles. The van der Waals surface area contributed by atoms with Crippen LogP contribution in [-0.4, -0.2) is 29.1 Å². The largest absolute Gasteiger partial charge is 0.465 e. The lowest BCUT2D eigenvalue weighted by Crippen LogP contribution is -2.36. The Morgan fingerprint density at radius 1 is 1.11 bits per heavy atom. The van der Waals surface area contributed by atoms with Crippen molar-refractivity contribution in [1.29, 1.82) is 0 Å². The Hall–Kier alpha value is -1.66. The second-order valence-electron chi connectivity index (χ2n) is 8.88. The number of hydrogen-bond acceptors (Lipinski definition) is 4. The van der Waals surface area contributed by atoms with E-state index in [2.05, 4.69) is 19.6 Å². The zero-order chi connectivity index (χ0) is 20.6. The number of allylic oxidation sites excluding steroid dienone is 1. The van der Waals surface area contributed by atoms with Gasteiger partial charge in [0.05, 0.1) is 30.4 Å². The van der Waals surface area contributed by atoms with Gasteiger partial charge in [-0.05, 0) is 41.3 Å².